The Morgan fingerprint density at radius 1 is 1.25 bits per heavy atom. The number of aromatic nitrogens is 1. The lowest BCUT2D eigenvalue weighted by atomic mass is 10.1. The first-order chi connectivity index (χ1) is 9.63. The summed E-state index contributed by atoms with van der Waals surface area (Å²) in [6.45, 7) is 1.95. The highest BCUT2D eigenvalue weighted by molar-refractivity contribution is 5.50. The smallest absolute Gasteiger partial charge is 0.146 e. The zero-order chi connectivity index (χ0) is 14.5. The molecule has 0 fully saturated rings. The van der Waals surface area contributed by atoms with Gasteiger partial charge >= 0.3 is 0 Å². The molecule has 2 rings (SSSR count). The molecule has 1 aromatic heterocycles. The summed E-state index contributed by atoms with van der Waals surface area (Å²) in [4.78, 5) is 4.03. The summed E-state index contributed by atoms with van der Waals surface area (Å²) in [5.41, 5.74) is 0.999. The van der Waals surface area contributed by atoms with Crippen molar-refractivity contribution < 1.29 is 13.5 Å². The van der Waals surface area contributed by atoms with Gasteiger partial charge in [-0.05, 0) is 30.7 Å². The Balaban J connectivity index is 2.23. The van der Waals surface area contributed by atoms with Gasteiger partial charge in [0.1, 0.15) is 17.4 Å². The Kier molecular flexibility index (Phi) is 4.50. The third kappa shape index (κ3) is 3.23. The van der Waals surface area contributed by atoms with E-state index in [-0.39, 0.29) is 11.9 Å². The van der Waals surface area contributed by atoms with Crippen LogP contribution in [0.3, 0.4) is 0 Å². The molecule has 0 bridgehead atoms. The molecule has 106 valence electrons. The average Bonchev–Trinajstić information content (AvgIpc) is 2.47. The van der Waals surface area contributed by atoms with Crippen LogP contribution in [0.1, 0.15) is 25.1 Å². The van der Waals surface area contributed by atoms with E-state index in [1.165, 1.54) is 19.2 Å². The molecule has 0 aliphatic heterocycles. The number of nitrogens with zero attached hydrogens (tertiary/aromatic N) is 1. The Bertz CT molecular complexity index is 573. The molecule has 0 aliphatic rings. The van der Waals surface area contributed by atoms with Gasteiger partial charge in [0.15, 0.2) is 0 Å². The van der Waals surface area contributed by atoms with Crippen LogP contribution in [0.4, 0.5) is 14.5 Å². The third-order valence-electron chi connectivity index (χ3n) is 3.02. The Morgan fingerprint density at radius 3 is 2.65 bits per heavy atom. The molecule has 2 aromatic rings. The molecule has 0 spiro atoms. The number of ether oxygens (including phenoxy) is 1. The number of nitrogens with one attached hydrogen (secondary N) is 1. The second kappa shape index (κ2) is 6.32. The van der Waals surface area contributed by atoms with Crippen molar-refractivity contribution in [3.63, 3.8) is 0 Å². The Labute approximate surface area is 116 Å². The minimum atomic E-state index is -0.392. The molecule has 1 unspecified atom stereocenters. The van der Waals surface area contributed by atoms with E-state index >= 15 is 0 Å². The van der Waals surface area contributed by atoms with Crippen molar-refractivity contribution in [3.8, 4) is 5.75 Å². The van der Waals surface area contributed by atoms with Gasteiger partial charge in [0.05, 0.1) is 30.7 Å². The standard InChI is InChI=1S/C15H16F2N2O/c1-3-13(14-7-4-10(16)9-18-14)19-15-8-11(20-2)5-6-12(15)17/h4-9,13,19H,3H2,1-2H3. The number of rotatable bonds is 5. The third-order valence-corrected chi connectivity index (χ3v) is 3.02. The number of methoxy groups -OCH3 is 1. The molecule has 20 heavy (non-hydrogen) atoms. The van der Waals surface area contributed by atoms with Crippen molar-refractivity contribution >= 4 is 5.69 Å². The molecule has 5 heteroatoms. The van der Waals surface area contributed by atoms with E-state index < -0.39 is 5.82 Å². The fourth-order valence-corrected chi connectivity index (χ4v) is 1.91. The number of hydrogen-bond acceptors (Lipinski definition) is 3. The van der Waals surface area contributed by atoms with E-state index in [4.69, 9.17) is 4.74 Å². The van der Waals surface area contributed by atoms with Gasteiger partial charge in [-0.2, -0.15) is 0 Å². The molecular formula is C15H16F2N2O. The minimum absolute atomic E-state index is 0.197. The average molecular weight is 278 g/mol. The molecule has 0 radical (unpaired) electrons. The van der Waals surface area contributed by atoms with Crippen molar-refractivity contribution in [3.05, 3.63) is 53.9 Å². The number of anilines is 1. The van der Waals surface area contributed by atoms with E-state index in [0.717, 1.165) is 6.20 Å². The zero-order valence-corrected chi connectivity index (χ0v) is 11.4. The highest BCUT2D eigenvalue weighted by Gasteiger charge is 2.13. The lowest BCUT2D eigenvalue weighted by Crippen LogP contribution is -2.12. The molecule has 0 aliphatic carbocycles. The predicted octanol–water partition coefficient (Wildman–Crippen LogP) is 3.93. The van der Waals surface area contributed by atoms with Gasteiger partial charge in [0.2, 0.25) is 0 Å². The maximum atomic E-state index is 13.8. The van der Waals surface area contributed by atoms with Gasteiger partial charge in [-0.1, -0.05) is 6.92 Å². The van der Waals surface area contributed by atoms with Gasteiger partial charge < -0.3 is 10.1 Å². The van der Waals surface area contributed by atoms with Crippen LogP contribution in [0.25, 0.3) is 0 Å². The molecule has 1 atom stereocenters. The largest absolute Gasteiger partial charge is 0.497 e. The molecule has 3 nitrogen and oxygen atoms in total. The molecule has 0 saturated heterocycles. The zero-order valence-electron chi connectivity index (χ0n) is 11.4. The van der Waals surface area contributed by atoms with Crippen LogP contribution in [-0.4, -0.2) is 12.1 Å². The van der Waals surface area contributed by atoms with E-state index in [1.54, 1.807) is 18.2 Å². The first-order valence-corrected chi connectivity index (χ1v) is 6.35. The van der Waals surface area contributed by atoms with E-state index in [9.17, 15) is 8.78 Å². The van der Waals surface area contributed by atoms with Gasteiger partial charge in [-0.15, -0.1) is 0 Å². The second-order valence-corrected chi connectivity index (χ2v) is 4.35. The maximum absolute atomic E-state index is 13.8. The first-order valence-electron chi connectivity index (χ1n) is 6.35. The summed E-state index contributed by atoms with van der Waals surface area (Å²) in [6.07, 6.45) is 1.84. The van der Waals surface area contributed by atoms with Gasteiger partial charge in [0, 0.05) is 6.07 Å². The van der Waals surface area contributed by atoms with Crippen LogP contribution in [0.2, 0.25) is 0 Å². The molecular weight excluding hydrogens is 262 g/mol. The topological polar surface area (TPSA) is 34.1 Å². The maximum Gasteiger partial charge on any atom is 0.146 e. The summed E-state index contributed by atoms with van der Waals surface area (Å²) in [7, 11) is 1.52. The number of hydrogen-bond donors (Lipinski definition) is 1. The lowest BCUT2D eigenvalue weighted by molar-refractivity contribution is 0.414. The van der Waals surface area contributed by atoms with Crippen LogP contribution in [0.5, 0.6) is 5.75 Å². The van der Waals surface area contributed by atoms with E-state index in [0.29, 0.717) is 23.6 Å². The highest BCUT2D eigenvalue weighted by Crippen LogP contribution is 2.26. The highest BCUT2D eigenvalue weighted by atomic mass is 19.1. The van der Waals surface area contributed by atoms with Gasteiger partial charge in [-0.25, -0.2) is 8.78 Å². The van der Waals surface area contributed by atoms with Crippen molar-refractivity contribution in [2.45, 2.75) is 19.4 Å². The summed E-state index contributed by atoms with van der Waals surface area (Å²) in [5, 5.41) is 3.07. The van der Waals surface area contributed by atoms with Crippen molar-refractivity contribution in [2.24, 2.45) is 0 Å². The van der Waals surface area contributed by atoms with Crippen molar-refractivity contribution in [1.82, 2.24) is 4.98 Å². The monoisotopic (exact) mass is 278 g/mol. The van der Waals surface area contributed by atoms with E-state index in [1.807, 2.05) is 6.92 Å². The molecule has 1 aromatic carbocycles. The Hall–Kier alpha value is -2.17. The number of pyridine rings is 1. The normalized spacial score (nSPS) is 12.0. The van der Waals surface area contributed by atoms with Crippen LogP contribution in [-0.2, 0) is 0 Å². The summed E-state index contributed by atoms with van der Waals surface area (Å²) < 4.78 is 31.7. The molecule has 1 N–H and O–H groups in total. The summed E-state index contributed by atoms with van der Waals surface area (Å²) >= 11 is 0. The minimum Gasteiger partial charge on any atom is -0.497 e. The van der Waals surface area contributed by atoms with Crippen LogP contribution in [0.15, 0.2) is 36.5 Å². The van der Waals surface area contributed by atoms with Crippen molar-refractivity contribution in [1.29, 1.82) is 0 Å². The summed E-state index contributed by atoms with van der Waals surface area (Å²) in [6, 6.07) is 7.21. The van der Waals surface area contributed by atoms with Crippen LogP contribution >= 0.6 is 0 Å². The lowest BCUT2D eigenvalue weighted by Gasteiger charge is -2.18. The van der Waals surface area contributed by atoms with Crippen molar-refractivity contribution in [2.75, 3.05) is 12.4 Å². The fourth-order valence-electron chi connectivity index (χ4n) is 1.91. The van der Waals surface area contributed by atoms with E-state index in [2.05, 4.69) is 10.3 Å². The van der Waals surface area contributed by atoms with Crippen LogP contribution < -0.4 is 10.1 Å². The fraction of sp³-hybridized carbons (Fsp3) is 0.267. The summed E-state index contributed by atoms with van der Waals surface area (Å²) in [5.74, 6) is -0.196. The SMILES string of the molecule is CCC(Nc1cc(OC)ccc1F)c1ccc(F)cn1. The predicted molar refractivity (Wildman–Crippen MR) is 73.8 cm³/mol. The van der Waals surface area contributed by atoms with Crippen LogP contribution in [0, 0.1) is 11.6 Å². The van der Waals surface area contributed by atoms with Gasteiger partial charge in [-0.3, -0.25) is 4.98 Å². The molecule has 0 saturated carbocycles. The molecule has 0 amide bonds. The van der Waals surface area contributed by atoms with Gasteiger partial charge in [0.25, 0.3) is 0 Å². The molecule has 1 heterocycles. The first kappa shape index (κ1) is 14.2. The number of halogens is 2. The Morgan fingerprint density at radius 2 is 2.05 bits per heavy atom. The quantitative estimate of drug-likeness (QED) is 0.899. The number of benzene rings is 1. The second-order valence-electron chi connectivity index (χ2n) is 4.35.